The van der Waals surface area contributed by atoms with Crippen LogP contribution in [-0.2, 0) is 13.1 Å². The van der Waals surface area contributed by atoms with E-state index in [0.717, 1.165) is 30.7 Å². The summed E-state index contributed by atoms with van der Waals surface area (Å²) in [5.74, 6) is 0.449. The van der Waals surface area contributed by atoms with Crippen molar-refractivity contribution in [3.63, 3.8) is 0 Å². The van der Waals surface area contributed by atoms with Crippen molar-refractivity contribution in [1.29, 1.82) is 0 Å². The van der Waals surface area contributed by atoms with Gasteiger partial charge in [0.25, 0.3) is 0 Å². The zero-order valence-electron chi connectivity index (χ0n) is 12.8. The lowest BCUT2D eigenvalue weighted by Crippen LogP contribution is -2.35. The van der Waals surface area contributed by atoms with Gasteiger partial charge in [0.1, 0.15) is 6.33 Å². The first-order valence-corrected chi connectivity index (χ1v) is 7.96. The Kier molecular flexibility index (Phi) is 3.80. The van der Waals surface area contributed by atoms with Gasteiger partial charge < -0.3 is 10.4 Å². The molecule has 1 fully saturated rings. The highest BCUT2D eigenvalue weighted by Crippen LogP contribution is 2.27. The fourth-order valence-electron chi connectivity index (χ4n) is 3.43. The molecule has 3 heterocycles. The average molecular weight is 312 g/mol. The quantitative estimate of drug-likeness (QED) is 0.730. The minimum atomic E-state index is -0.314. The van der Waals surface area contributed by atoms with Gasteiger partial charge >= 0.3 is 0 Å². The van der Waals surface area contributed by atoms with Crippen LogP contribution in [0.5, 0.6) is 0 Å². The van der Waals surface area contributed by atoms with E-state index in [-0.39, 0.29) is 12.1 Å². The molecule has 3 aromatic rings. The van der Waals surface area contributed by atoms with E-state index in [1.54, 1.807) is 12.5 Å². The summed E-state index contributed by atoms with van der Waals surface area (Å²) >= 11 is 0. The molecule has 0 bridgehead atoms. The molecular formula is C16H20N6O. The van der Waals surface area contributed by atoms with Crippen molar-refractivity contribution >= 4 is 5.65 Å². The van der Waals surface area contributed by atoms with Crippen LogP contribution >= 0.6 is 0 Å². The first-order chi connectivity index (χ1) is 11.3. The highest BCUT2D eigenvalue weighted by atomic mass is 16.3. The van der Waals surface area contributed by atoms with Crippen LogP contribution in [0, 0.1) is 5.92 Å². The number of aliphatic hydroxyl groups excluding tert-OH is 1. The maximum Gasteiger partial charge on any atom is 0.155 e. The number of aromatic nitrogens is 5. The predicted octanol–water partition coefficient (Wildman–Crippen LogP) is 0.855. The first kappa shape index (κ1) is 14.3. The third-order valence-electron chi connectivity index (χ3n) is 4.56. The summed E-state index contributed by atoms with van der Waals surface area (Å²) in [5.41, 5.74) is 1.88. The van der Waals surface area contributed by atoms with Crippen LogP contribution in [0.1, 0.15) is 18.5 Å². The second kappa shape index (κ2) is 6.10. The fourth-order valence-corrected chi connectivity index (χ4v) is 3.43. The van der Waals surface area contributed by atoms with E-state index in [1.807, 2.05) is 39.7 Å². The Bertz CT molecular complexity index is 768. The van der Waals surface area contributed by atoms with Gasteiger partial charge in [-0.05, 0) is 37.0 Å². The highest BCUT2D eigenvalue weighted by Gasteiger charge is 2.32. The Balaban J connectivity index is 1.38. The molecule has 1 aliphatic rings. The molecule has 0 spiro atoms. The van der Waals surface area contributed by atoms with Gasteiger partial charge in [0.2, 0.25) is 0 Å². The summed E-state index contributed by atoms with van der Waals surface area (Å²) in [6, 6.07) is 7.97. The van der Waals surface area contributed by atoms with Gasteiger partial charge in [-0.2, -0.15) is 10.2 Å². The molecule has 0 aliphatic heterocycles. The van der Waals surface area contributed by atoms with Crippen molar-refractivity contribution in [2.24, 2.45) is 5.92 Å². The Morgan fingerprint density at radius 1 is 1.22 bits per heavy atom. The summed E-state index contributed by atoms with van der Waals surface area (Å²) in [6.45, 7) is 1.53. The highest BCUT2D eigenvalue weighted by molar-refractivity contribution is 5.37. The second-order valence-electron chi connectivity index (χ2n) is 6.17. The number of fused-ring (bicyclic) bond motifs is 1. The van der Waals surface area contributed by atoms with E-state index in [0.29, 0.717) is 12.5 Å². The van der Waals surface area contributed by atoms with E-state index in [9.17, 15) is 5.11 Å². The summed E-state index contributed by atoms with van der Waals surface area (Å²) in [4.78, 5) is 4.19. The number of nitrogens with one attached hydrogen (secondary N) is 1. The van der Waals surface area contributed by atoms with E-state index < -0.39 is 0 Å². The van der Waals surface area contributed by atoms with Crippen molar-refractivity contribution in [2.45, 2.75) is 38.1 Å². The zero-order chi connectivity index (χ0) is 15.6. The zero-order valence-corrected chi connectivity index (χ0v) is 12.8. The number of rotatable bonds is 5. The second-order valence-corrected chi connectivity index (χ2v) is 6.17. The Morgan fingerprint density at radius 2 is 2.17 bits per heavy atom. The van der Waals surface area contributed by atoms with Crippen LogP contribution in [0.4, 0.5) is 0 Å². The molecule has 120 valence electrons. The topological polar surface area (TPSA) is 80.3 Å². The van der Waals surface area contributed by atoms with E-state index in [1.165, 1.54) is 0 Å². The number of nitrogens with zero attached hydrogens (tertiary/aromatic N) is 5. The molecule has 4 rings (SSSR count). The monoisotopic (exact) mass is 312 g/mol. The average Bonchev–Trinajstić information content (AvgIpc) is 3.27. The molecule has 0 aromatic carbocycles. The van der Waals surface area contributed by atoms with Gasteiger partial charge in [0.15, 0.2) is 5.65 Å². The maximum atomic E-state index is 10.3. The summed E-state index contributed by atoms with van der Waals surface area (Å²) < 4.78 is 3.77. The predicted molar refractivity (Wildman–Crippen MR) is 84.6 cm³/mol. The number of hydrogen-bond donors (Lipinski definition) is 2. The smallest absolute Gasteiger partial charge is 0.155 e. The van der Waals surface area contributed by atoms with Crippen LogP contribution in [0.15, 0.2) is 43.0 Å². The Morgan fingerprint density at radius 3 is 3.04 bits per heavy atom. The molecule has 0 saturated heterocycles. The third kappa shape index (κ3) is 2.97. The maximum absolute atomic E-state index is 10.3. The van der Waals surface area contributed by atoms with Gasteiger partial charge in [-0.15, -0.1) is 0 Å². The molecule has 0 amide bonds. The van der Waals surface area contributed by atoms with Gasteiger partial charge in [0, 0.05) is 31.5 Å². The van der Waals surface area contributed by atoms with Gasteiger partial charge in [-0.3, -0.25) is 4.68 Å². The number of pyridine rings is 1. The third-order valence-corrected chi connectivity index (χ3v) is 4.56. The molecular weight excluding hydrogens is 292 g/mol. The van der Waals surface area contributed by atoms with Crippen LogP contribution in [0.3, 0.4) is 0 Å². The van der Waals surface area contributed by atoms with Crippen molar-refractivity contribution in [1.82, 2.24) is 29.7 Å². The molecule has 1 unspecified atom stereocenters. The van der Waals surface area contributed by atoms with Crippen molar-refractivity contribution in [3.8, 4) is 0 Å². The van der Waals surface area contributed by atoms with Gasteiger partial charge in [-0.25, -0.2) is 9.50 Å². The molecule has 3 atom stereocenters. The molecule has 1 saturated carbocycles. The normalized spacial score (nSPS) is 24.5. The molecule has 7 heteroatoms. The lowest BCUT2D eigenvalue weighted by molar-refractivity contribution is 0.145. The van der Waals surface area contributed by atoms with E-state index in [4.69, 9.17) is 0 Å². The Labute approximate surface area is 134 Å². The Hall–Kier alpha value is -2.25. The van der Waals surface area contributed by atoms with E-state index in [2.05, 4.69) is 20.5 Å². The summed E-state index contributed by atoms with van der Waals surface area (Å²) in [6.07, 6.45) is 6.77. The van der Waals surface area contributed by atoms with Crippen molar-refractivity contribution < 1.29 is 5.11 Å². The molecule has 23 heavy (non-hydrogen) atoms. The molecule has 1 aliphatic carbocycles. The van der Waals surface area contributed by atoms with Crippen LogP contribution in [0.25, 0.3) is 5.65 Å². The summed E-state index contributed by atoms with van der Waals surface area (Å²) in [7, 11) is 0. The van der Waals surface area contributed by atoms with Crippen LogP contribution in [-0.4, -0.2) is 41.6 Å². The number of aliphatic hydroxyl groups is 1. The fraction of sp³-hybridized carbons (Fsp3) is 0.438. The standard InChI is InChI=1S/C16H20N6O/c23-15-8-12(10-21-6-2-5-19-21)7-14(15)17-9-13-3-1-4-16-18-11-20-22(13)16/h1-6,11-12,14-15,17,23H,7-10H2/t12?,14-,15-/m1/s1. The van der Waals surface area contributed by atoms with Gasteiger partial charge in [0.05, 0.1) is 11.8 Å². The van der Waals surface area contributed by atoms with Crippen molar-refractivity contribution in [2.75, 3.05) is 0 Å². The molecule has 0 radical (unpaired) electrons. The van der Waals surface area contributed by atoms with Crippen LogP contribution in [0.2, 0.25) is 0 Å². The minimum Gasteiger partial charge on any atom is -0.391 e. The lowest BCUT2D eigenvalue weighted by Gasteiger charge is -2.16. The molecule has 7 nitrogen and oxygen atoms in total. The molecule has 2 N–H and O–H groups in total. The van der Waals surface area contributed by atoms with Gasteiger partial charge in [-0.1, -0.05) is 6.07 Å². The largest absolute Gasteiger partial charge is 0.391 e. The SMILES string of the molecule is O[C@@H]1CC(Cn2cccn2)C[C@H]1NCc1cccc2ncnn12. The first-order valence-electron chi connectivity index (χ1n) is 7.96. The van der Waals surface area contributed by atoms with Crippen molar-refractivity contribution in [3.05, 3.63) is 48.7 Å². The molecule has 3 aromatic heterocycles. The summed E-state index contributed by atoms with van der Waals surface area (Å²) in [5, 5.41) is 22.3. The minimum absolute atomic E-state index is 0.106. The lowest BCUT2D eigenvalue weighted by atomic mass is 10.1. The van der Waals surface area contributed by atoms with Crippen LogP contribution < -0.4 is 5.32 Å². The number of hydrogen-bond acceptors (Lipinski definition) is 5. The van der Waals surface area contributed by atoms with E-state index >= 15 is 0 Å².